The van der Waals surface area contributed by atoms with Gasteiger partial charge in [-0.1, -0.05) is 37.1 Å². The molecule has 2 aromatic heterocycles. The summed E-state index contributed by atoms with van der Waals surface area (Å²) >= 11 is 0. The van der Waals surface area contributed by atoms with Gasteiger partial charge in [-0.05, 0) is 30.2 Å². The summed E-state index contributed by atoms with van der Waals surface area (Å²) in [4.78, 5) is 11.7. The fraction of sp³-hybridized carbons (Fsp3) is 0.368. The molecule has 0 radical (unpaired) electrons. The molecule has 1 aliphatic carbocycles. The summed E-state index contributed by atoms with van der Waals surface area (Å²) in [6.07, 6.45) is 14.8. The van der Waals surface area contributed by atoms with E-state index in [1.165, 1.54) is 31.2 Å². The van der Waals surface area contributed by atoms with E-state index in [9.17, 15) is 0 Å². The Bertz CT molecular complexity index is 713. The maximum atomic E-state index is 4.33. The summed E-state index contributed by atoms with van der Waals surface area (Å²) in [5.74, 6) is 2.29. The van der Waals surface area contributed by atoms with Gasteiger partial charge < -0.3 is 9.55 Å². The first-order chi connectivity index (χ1) is 11.4. The number of aromatic nitrogens is 4. The van der Waals surface area contributed by atoms with Gasteiger partial charge in [-0.3, -0.25) is 0 Å². The molecule has 1 fully saturated rings. The van der Waals surface area contributed by atoms with Crippen molar-refractivity contribution in [3.05, 3.63) is 60.9 Å². The van der Waals surface area contributed by atoms with Crippen molar-refractivity contribution in [2.24, 2.45) is 5.92 Å². The van der Waals surface area contributed by atoms with E-state index < -0.39 is 0 Å². The molecule has 2 unspecified atom stereocenters. The SMILES string of the molecule is c1cn(CC2CCCCC2c2ccc(-c3ncc[nH]3)cc2)cn1. The zero-order chi connectivity index (χ0) is 15.5. The van der Waals surface area contributed by atoms with Gasteiger partial charge in [-0.25, -0.2) is 9.97 Å². The summed E-state index contributed by atoms with van der Waals surface area (Å²) in [5, 5.41) is 0. The molecule has 23 heavy (non-hydrogen) atoms. The van der Waals surface area contributed by atoms with Gasteiger partial charge in [0.25, 0.3) is 0 Å². The molecule has 1 N–H and O–H groups in total. The lowest BCUT2D eigenvalue weighted by molar-refractivity contribution is 0.274. The van der Waals surface area contributed by atoms with Gasteiger partial charge in [0.15, 0.2) is 0 Å². The van der Waals surface area contributed by atoms with Crippen LogP contribution in [0.15, 0.2) is 55.4 Å². The van der Waals surface area contributed by atoms with Crippen LogP contribution < -0.4 is 0 Å². The third kappa shape index (κ3) is 3.07. The predicted molar refractivity (Wildman–Crippen MR) is 90.9 cm³/mol. The molecule has 1 aromatic carbocycles. The number of nitrogens with zero attached hydrogens (tertiary/aromatic N) is 3. The van der Waals surface area contributed by atoms with Crippen molar-refractivity contribution in [3.63, 3.8) is 0 Å². The van der Waals surface area contributed by atoms with Crippen molar-refractivity contribution in [1.29, 1.82) is 0 Å². The normalized spacial score (nSPS) is 21.4. The summed E-state index contributed by atoms with van der Waals surface area (Å²) in [6.45, 7) is 1.07. The maximum absolute atomic E-state index is 4.33. The van der Waals surface area contributed by atoms with E-state index in [1.54, 1.807) is 6.20 Å². The molecule has 3 aromatic rings. The van der Waals surface area contributed by atoms with E-state index in [1.807, 2.05) is 18.7 Å². The van der Waals surface area contributed by atoms with Crippen LogP contribution in [0.4, 0.5) is 0 Å². The number of benzene rings is 1. The van der Waals surface area contributed by atoms with Crippen molar-refractivity contribution >= 4 is 0 Å². The summed E-state index contributed by atoms with van der Waals surface area (Å²) < 4.78 is 2.22. The van der Waals surface area contributed by atoms with E-state index in [0.717, 1.165) is 17.9 Å². The lowest BCUT2D eigenvalue weighted by Gasteiger charge is -2.32. The fourth-order valence-electron chi connectivity index (χ4n) is 3.84. The molecule has 0 bridgehead atoms. The molecule has 2 heterocycles. The molecule has 2 atom stereocenters. The van der Waals surface area contributed by atoms with Crippen molar-refractivity contribution in [2.75, 3.05) is 0 Å². The molecule has 0 amide bonds. The topological polar surface area (TPSA) is 46.5 Å². The Labute approximate surface area is 136 Å². The van der Waals surface area contributed by atoms with Crippen LogP contribution in [0, 0.1) is 5.92 Å². The highest BCUT2D eigenvalue weighted by Crippen LogP contribution is 2.39. The van der Waals surface area contributed by atoms with Gasteiger partial charge in [0.05, 0.1) is 6.33 Å². The molecule has 1 saturated carbocycles. The number of imidazole rings is 2. The Balaban J connectivity index is 1.54. The lowest BCUT2D eigenvalue weighted by Crippen LogP contribution is -2.22. The van der Waals surface area contributed by atoms with Crippen molar-refractivity contribution in [1.82, 2.24) is 19.5 Å². The highest BCUT2D eigenvalue weighted by atomic mass is 15.0. The maximum Gasteiger partial charge on any atom is 0.137 e. The first kappa shape index (κ1) is 14.2. The van der Waals surface area contributed by atoms with Crippen LogP contribution >= 0.6 is 0 Å². The van der Waals surface area contributed by atoms with E-state index in [2.05, 4.69) is 50.0 Å². The molecule has 118 valence electrons. The van der Waals surface area contributed by atoms with Crippen LogP contribution in [0.3, 0.4) is 0 Å². The standard InChI is InChI=1S/C19H22N4/c1-2-4-18(17(3-1)13-23-12-11-20-14-23)15-5-7-16(8-6-15)19-21-9-10-22-19/h5-12,14,17-18H,1-4,13H2,(H,21,22). The van der Waals surface area contributed by atoms with Crippen molar-refractivity contribution in [3.8, 4) is 11.4 Å². The lowest BCUT2D eigenvalue weighted by atomic mass is 9.75. The number of nitrogens with one attached hydrogen (secondary N) is 1. The number of rotatable bonds is 4. The van der Waals surface area contributed by atoms with E-state index in [0.29, 0.717) is 11.8 Å². The Kier molecular flexibility index (Phi) is 3.97. The van der Waals surface area contributed by atoms with Crippen LogP contribution in [0.25, 0.3) is 11.4 Å². The minimum absolute atomic E-state index is 0.650. The second-order valence-corrected chi connectivity index (χ2v) is 6.47. The summed E-state index contributed by atoms with van der Waals surface area (Å²) in [6, 6.07) is 8.96. The van der Waals surface area contributed by atoms with E-state index in [4.69, 9.17) is 0 Å². The zero-order valence-corrected chi connectivity index (χ0v) is 13.2. The number of hydrogen-bond donors (Lipinski definition) is 1. The minimum atomic E-state index is 0.650. The largest absolute Gasteiger partial charge is 0.345 e. The Morgan fingerprint density at radius 2 is 1.96 bits per heavy atom. The van der Waals surface area contributed by atoms with Gasteiger partial charge >= 0.3 is 0 Å². The van der Waals surface area contributed by atoms with Gasteiger partial charge in [-0.2, -0.15) is 0 Å². The third-order valence-corrected chi connectivity index (χ3v) is 5.02. The Hall–Kier alpha value is -2.36. The van der Waals surface area contributed by atoms with Crippen molar-refractivity contribution in [2.45, 2.75) is 38.1 Å². The van der Waals surface area contributed by atoms with Crippen LogP contribution in [-0.2, 0) is 6.54 Å². The molecule has 4 nitrogen and oxygen atoms in total. The van der Waals surface area contributed by atoms with Gasteiger partial charge in [-0.15, -0.1) is 0 Å². The average molecular weight is 306 g/mol. The van der Waals surface area contributed by atoms with Crippen molar-refractivity contribution < 1.29 is 0 Å². The molecule has 0 aliphatic heterocycles. The molecule has 0 spiro atoms. The predicted octanol–water partition coefficient (Wildman–Crippen LogP) is 4.25. The number of hydrogen-bond acceptors (Lipinski definition) is 2. The number of aromatic amines is 1. The quantitative estimate of drug-likeness (QED) is 0.783. The van der Waals surface area contributed by atoms with E-state index in [-0.39, 0.29) is 0 Å². The summed E-state index contributed by atoms with van der Waals surface area (Å²) in [7, 11) is 0. The zero-order valence-electron chi connectivity index (χ0n) is 13.2. The van der Waals surface area contributed by atoms with Crippen LogP contribution in [0.2, 0.25) is 0 Å². The first-order valence-electron chi connectivity index (χ1n) is 8.45. The second-order valence-electron chi connectivity index (χ2n) is 6.47. The second kappa shape index (κ2) is 6.41. The highest BCUT2D eigenvalue weighted by Gasteiger charge is 2.26. The van der Waals surface area contributed by atoms with Gasteiger partial charge in [0, 0.05) is 36.9 Å². The Morgan fingerprint density at radius 1 is 1.09 bits per heavy atom. The minimum Gasteiger partial charge on any atom is -0.345 e. The van der Waals surface area contributed by atoms with Gasteiger partial charge in [0.1, 0.15) is 5.82 Å². The first-order valence-corrected chi connectivity index (χ1v) is 8.45. The van der Waals surface area contributed by atoms with Crippen LogP contribution in [0.5, 0.6) is 0 Å². The molecule has 4 heteroatoms. The molecular weight excluding hydrogens is 284 g/mol. The fourth-order valence-corrected chi connectivity index (χ4v) is 3.84. The molecule has 4 rings (SSSR count). The third-order valence-electron chi connectivity index (χ3n) is 5.02. The van der Waals surface area contributed by atoms with Gasteiger partial charge in [0.2, 0.25) is 0 Å². The Morgan fingerprint density at radius 3 is 2.70 bits per heavy atom. The monoisotopic (exact) mass is 306 g/mol. The molecular formula is C19H22N4. The van der Waals surface area contributed by atoms with Crippen LogP contribution in [0.1, 0.15) is 37.2 Å². The number of H-pyrrole nitrogens is 1. The van der Waals surface area contributed by atoms with E-state index >= 15 is 0 Å². The molecule has 0 saturated heterocycles. The average Bonchev–Trinajstić information content (AvgIpc) is 3.29. The highest BCUT2D eigenvalue weighted by molar-refractivity contribution is 5.55. The molecule has 1 aliphatic rings. The smallest absolute Gasteiger partial charge is 0.137 e. The van der Waals surface area contributed by atoms with Crippen LogP contribution in [-0.4, -0.2) is 19.5 Å². The summed E-state index contributed by atoms with van der Waals surface area (Å²) in [5.41, 5.74) is 2.62.